The first-order valence-corrected chi connectivity index (χ1v) is 9.68. The van der Waals surface area contributed by atoms with Crippen molar-refractivity contribution in [1.29, 1.82) is 0 Å². The average Bonchev–Trinajstić information content (AvgIpc) is 3.35. The largest absolute Gasteiger partial charge is 0.497 e. The van der Waals surface area contributed by atoms with Gasteiger partial charge in [0, 0.05) is 0 Å². The van der Waals surface area contributed by atoms with Crippen LogP contribution in [0.5, 0.6) is 5.75 Å². The molecule has 1 N–H and O–H groups in total. The minimum Gasteiger partial charge on any atom is -0.497 e. The zero-order valence-electron chi connectivity index (χ0n) is 17.0. The van der Waals surface area contributed by atoms with Gasteiger partial charge in [-0.25, -0.2) is 15.2 Å². The van der Waals surface area contributed by atoms with E-state index < -0.39 is 12.0 Å². The van der Waals surface area contributed by atoms with Gasteiger partial charge in [0.05, 0.1) is 31.9 Å². The number of nitrogens with one attached hydrogen (secondary N) is 1. The van der Waals surface area contributed by atoms with Crippen molar-refractivity contribution in [3.63, 3.8) is 0 Å². The van der Waals surface area contributed by atoms with Crippen LogP contribution in [0.1, 0.15) is 46.8 Å². The molecule has 10 heteroatoms. The Kier molecular flexibility index (Phi) is 5.40. The number of hydrazine groups is 1. The second kappa shape index (κ2) is 8.15. The van der Waals surface area contributed by atoms with Crippen LogP contribution in [0, 0.1) is 6.92 Å². The molecule has 10 nitrogen and oxygen atoms in total. The lowest BCUT2D eigenvalue weighted by Crippen LogP contribution is -2.50. The minimum absolute atomic E-state index is 0.0244. The van der Waals surface area contributed by atoms with Crippen LogP contribution in [0.4, 0.5) is 0 Å². The molecule has 2 unspecified atom stereocenters. The van der Waals surface area contributed by atoms with Gasteiger partial charge in [0.15, 0.2) is 5.69 Å². The van der Waals surface area contributed by atoms with E-state index in [1.807, 2.05) is 24.3 Å². The van der Waals surface area contributed by atoms with Crippen molar-refractivity contribution >= 4 is 18.2 Å². The van der Waals surface area contributed by atoms with E-state index in [1.165, 1.54) is 5.01 Å². The first-order chi connectivity index (χ1) is 14.5. The molecule has 0 spiro atoms. The number of hydrogen-bond donors (Lipinski definition) is 1. The lowest BCUT2D eigenvalue weighted by molar-refractivity contribution is -0.137. The molecule has 1 aromatic heterocycles. The lowest BCUT2D eigenvalue weighted by atomic mass is 10.0. The number of nitrogens with zero attached hydrogens (tertiary/aromatic N) is 4. The van der Waals surface area contributed by atoms with Crippen LogP contribution in [-0.4, -0.2) is 53.1 Å². The highest BCUT2D eigenvalue weighted by molar-refractivity contribution is 5.90. The van der Waals surface area contributed by atoms with Gasteiger partial charge >= 0.3 is 5.97 Å². The number of fused-ring (bicyclic) bond motifs is 1. The Morgan fingerprint density at radius 2 is 2.10 bits per heavy atom. The van der Waals surface area contributed by atoms with Crippen molar-refractivity contribution in [1.82, 2.24) is 20.6 Å². The quantitative estimate of drug-likeness (QED) is 0.714. The van der Waals surface area contributed by atoms with E-state index in [9.17, 15) is 9.59 Å². The fraction of sp³-hybridized carbons (Fsp3) is 0.400. The van der Waals surface area contributed by atoms with Crippen molar-refractivity contribution in [2.75, 3.05) is 13.7 Å². The Bertz CT molecular complexity index is 970. The second-order valence-corrected chi connectivity index (χ2v) is 7.03. The Morgan fingerprint density at radius 1 is 1.33 bits per heavy atom. The van der Waals surface area contributed by atoms with Gasteiger partial charge < -0.3 is 14.0 Å². The number of ether oxygens (including phenoxy) is 2. The molecule has 4 rings (SSSR count). The number of benzene rings is 1. The molecule has 0 bridgehead atoms. The molecule has 1 fully saturated rings. The summed E-state index contributed by atoms with van der Waals surface area (Å²) in [5.41, 5.74) is 4.92. The molecule has 2 aliphatic rings. The van der Waals surface area contributed by atoms with Gasteiger partial charge in [-0.3, -0.25) is 9.80 Å². The summed E-state index contributed by atoms with van der Waals surface area (Å²) in [6.07, 6.45) is 2.17. The van der Waals surface area contributed by atoms with Crippen LogP contribution in [0.25, 0.3) is 0 Å². The maximum atomic E-state index is 13.1. The van der Waals surface area contributed by atoms with Crippen LogP contribution in [0.15, 0.2) is 33.9 Å². The summed E-state index contributed by atoms with van der Waals surface area (Å²) in [7, 11) is 1.62. The number of carbonyl (C=O) groups is 2. The van der Waals surface area contributed by atoms with Crippen molar-refractivity contribution < 1.29 is 23.6 Å². The number of carbonyl (C=O) groups excluding carboxylic acids is 2. The highest BCUT2D eigenvalue weighted by atomic mass is 16.5. The molecule has 0 saturated carbocycles. The molecule has 3 heterocycles. The fourth-order valence-electron chi connectivity index (χ4n) is 3.59. The van der Waals surface area contributed by atoms with E-state index in [1.54, 1.807) is 32.3 Å². The average molecular weight is 413 g/mol. The zero-order chi connectivity index (χ0) is 21.3. The summed E-state index contributed by atoms with van der Waals surface area (Å²) in [5, 5.41) is 11.1. The van der Waals surface area contributed by atoms with Gasteiger partial charge in [0.25, 0.3) is 5.91 Å². The van der Waals surface area contributed by atoms with Gasteiger partial charge in [-0.15, -0.1) is 0 Å². The van der Waals surface area contributed by atoms with E-state index in [0.717, 1.165) is 11.3 Å². The van der Waals surface area contributed by atoms with E-state index in [4.69, 9.17) is 14.0 Å². The van der Waals surface area contributed by atoms with Crippen molar-refractivity contribution in [3.8, 4) is 5.75 Å². The third-order valence-corrected chi connectivity index (χ3v) is 5.23. The third kappa shape index (κ3) is 3.61. The molecule has 30 heavy (non-hydrogen) atoms. The molecule has 0 radical (unpaired) electrons. The van der Waals surface area contributed by atoms with Crippen LogP contribution in [0.2, 0.25) is 0 Å². The monoisotopic (exact) mass is 413 g/mol. The molecular weight excluding hydrogens is 390 g/mol. The summed E-state index contributed by atoms with van der Waals surface area (Å²) >= 11 is 0. The maximum Gasteiger partial charge on any atom is 0.360 e. The number of esters is 1. The fourth-order valence-corrected chi connectivity index (χ4v) is 3.59. The number of amides is 1. The van der Waals surface area contributed by atoms with E-state index in [2.05, 4.69) is 15.7 Å². The summed E-state index contributed by atoms with van der Waals surface area (Å²) in [5.74, 6) is 0.474. The van der Waals surface area contributed by atoms with E-state index in [-0.39, 0.29) is 30.8 Å². The number of rotatable bonds is 6. The predicted molar refractivity (Wildman–Crippen MR) is 105 cm³/mol. The van der Waals surface area contributed by atoms with Gasteiger partial charge in [-0.2, -0.15) is 5.10 Å². The second-order valence-electron chi connectivity index (χ2n) is 7.03. The summed E-state index contributed by atoms with van der Waals surface area (Å²) in [6, 6.07) is 7.30. The van der Waals surface area contributed by atoms with Crippen LogP contribution < -0.4 is 10.2 Å². The maximum absolute atomic E-state index is 13.1. The SMILES string of the molecule is CCOC(=O)c1noc(C)c1CN1N=CN2NC(c3ccc(OC)cc3)CC2C1=O. The topological polar surface area (TPSA) is 110 Å². The van der Waals surface area contributed by atoms with E-state index >= 15 is 0 Å². The summed E-state index contributed by atoms with van der Waals surface area (Å²) in [4.78, 5) is 25.2. The number of methoxy groups -OCH3 is 1. The standard InChI is InChI=1S/C20H23N5O5/c1-4-29-20(27)18-15(12(2)30-23-18)10-24-19(26)17-9-16(22-25(17)11-21-24)13-5-7-14(28-3)8-6-13/h5-8,11,16-17,22H,4,9-10H2,1-3H3. The first-order valence-electron chi connectivity index (χ1n) is 9.68. The molecule has 1 aromatic carbocycles. The number of aryl methyl sites for hydroxylation is 1. The number of hydrazone groups is 1. The molecule has 158 valence electrons. The van der Waals surface area contributed by atoms with Crippen molar-refractivity contribution in [2.45, 2.75) is 38.9 Å². The summed E-state index contributed by atoms with van der Waals surface area (Å²) < 4.78 is 15.4. The molecule has 2 aliphatic heterocycles. The number of aromatic nitrogens is 1. The van der Waals surface area contributed by atoms with E-state index in [0.29, 0.717) is 17.7 Å². The smallest absolute Gasteiger partial charge is 0.360 e. The Balaban J connectivity index is 1.48. The van der Waals surface area contributed by atoms with Crippen LogP contribution in [-0.2, 0) is 16.1 Å². The summed E-state index contributed by atoms with van der Waals surface area (Å²) in [6.45, 7) is 3.70. The molecule has 2 aromatic rings. The molecule has 0 aliphatic carbocycles. The highest BCUT2D eigenvalue weighted by Gasteiger charge is 2.41. The molecule has 2 atom stereocenters. The van der Waals surface area contributed by atoms with Crippen LogP contribution in [0.3, 0.4) is 0 Å². The Labute approximate surface area is 173 Å². The van der Waals surface area contributed by atoms with Crippen LogP contribution >= 0.6 is 0 Å². The van der Waals surface area contributed by atoms with Gasteiger partial charge in [0.2, 0.25) is 0 Å². The zero-order valence-corrected chi connectivity index (χ0v) is 17.0. The number of hydrogen-bond acceptors (Lipinski definition) is 9. The molecular formula is C20H23N5O5. The van der Waals surface area contributed by atoms with Crippen molar-refractivity contribution in [3.05, 3.63) is 46.8 Å². The Hall–Kier alpha value is -3.40. The normalized spacial score (nSPS) is 20.4. The minimum atomic E-state index is -0.582. The highest BCUT2D eigenvalue weighted by Crippen LogP contribution is 2.31. The Morgan fingerprint density at radius 3 is 2.80 bits per heavy atom. The van der Waals surface area contributed by atoms with Crippen molar-refractivity contribution in [2.24, 2.45) is 5.10 Å². The van der Waals surface area contributed by atoms with Gasteiger partial charge in [0.1, 0.15) is 23.9 Å². The third-order valence-electron chi connectivity index (χ3n) is 5.23. The lowest BCUT2D eigenvalue weighted by Gasteiger charge is -2.30. The van der Waals surface area contributed by atoms with Gasteiger partial charge in [-0.1, -0.05) is 17.3 Å². The van der Waals surface area contributed by atoms with Gasteiger partial charge in [-0.05, 0) is 38.0 Å². The molecule has 1 amide bonds. The molecule has 1 saturated heterocycles. The predicted octanol–water partition coefficient (Wildman–Crippen LogP) is 1.77. The first kappa shape index (κ1) is 19.9.